The molecule has 21 heavy (non-hydrogen) atoms. The number of ether oxygens (including phenoxy) is 1. The first kappa shape index (κ1) is 17.8. The van der Waals surface area contributed by atoms with Gasteiger partial charge in [0.15, 0.2) is 0 Å². The highest BCUT2D eigenvalue weighted by Gasteiger charge is 2.31. The average Bonchev–Trinajstić information content (AvgIpc) is 2.30. The van der Waals surface area contributed by atoms with Crippen LogP contribution in [0.2, 0.25) is 0 Å². The molecule has 1 aliphatic carbocycles. The molecule has 0 saturated heterocycles. The summed E-state index contributed by atoms with van der Waals surface area (Å²) in [6.07, 6.45) is 2.87. The van der Waals surface area contributed by atoms with Crippen LogP contribution in [0.4, 0.5) is 4.79 Å². The van der Waals surface area contributed by atoms with Gasteiger partial charge in [-0.2, -0.15) is 0 Å². The fourth-order valence-electron chi connectivity index (χ4n) is 2.12. The summed E-state index contributed by atoms with van der Waals surface area (Å²) in [6.45, 7) is 9.00. The molecule has 0 atom stereocenters. The molecule has 3 N–H and O–H groups in total. The Morgan fingerprint density at radius 1 is 1.14 bits per heavy atom. The zero-order chi connectivity index (χ0) is 15.9. The summed E-state index contributed by atoms with van der Waals surface area (Å²) in [4.78, 5) is 23.0. The normalized spacial score (nSPS) is 21.3. The van der Waals surface area contributed by atoms with Gasteiger partial charge in [0.1, 0.15) is 5.60 Å². The minimum Gasteiger partial charge on any atom is -0.444 e. The van der Waals surface area contributed by atoms with Crippen LogP contribution < -0.4 is 16.0 Å². The van der Waals surface area contributed by atoms with Crippen molar-refractivity contribution in [2.45, 2.75) is 71.1 Å². The number of rotatable bonds is 7. The molecule has 6 heteroatoms. The van der Waals surface area contributed by atoms with Crippen molar-refractivity contribution in [3.8, 4) is 0 Å². The molecule has 0 aliphatic heterocycles. The maximum atomic E-state index is 11.6. The molecular weight excluding hydrogens is 270 g/mol. The summed E-state index contributed by atoms with van der Waals surface area (Å²) in [7, 11) is 0. The van der Waals surface area contributed by atoms with Crippen LogP contribution in [0.15, 0.2) is 0 Å². The number of nitrogens with one attached hydrogen (secondary N) is 3. The quantitative estimate of drug-likeness (QED) is 0.666. The number of alkyl carbamates (subject to hydrolysis) is 1. The molecule has 122 valence electrons. The van der Waals surface area contributed by atoms with Crippen molar-refractivity contribution in [3.63, 3.8) is 0 Å². The Bertz CT molecular complexity index is 347. The van der Waals surface area contributed by atoms with E-state index in [-0.39, 0.29) is 18.0 Å². The van der Waals surface area contributed by atoms with Gasteiger partial charge < -0.3 is 20.7 Å². The van der Waals surface area contributed by atoms with Crippen molar-refractivity contribution in [1.82, 2.24) is 16.0 Å². The molecule has 2 amide bonds. The van der Waals surface area contributed by atoms with Crippen LogP contribution in [0.25, 0.3) is 0 Å². The first-order valence-corrected chi connectivity index (χ1v) is 7.79. The second-order valence-electron chi connectivity index (χ2n) is 6.57. The molecule has 1 fully saturated rings. The molecule has 0 unspecified atom stereocenters. The van der Waals surface area contributed by atoms with Crippen molar-refractivity contribution in [3.05, 3.63) is 0 Å². The van der Waals surface area contributed by atoms with Gasteiger partial charge in [-0.05, 0) is 40.0 Å². The lowest BCUT2D eigenvalue weighted by atomic mass is 9.87. The third kappa shape index (κ3) is 7.90. The standard InChI is InChI=1S/C15H29N3O3/c1-5-7-17-13(19)6-8-16-11-9-12(10-11)18-14(20)21-15(2,3)4/h11-12,16H,5-10H2,1-4H3,(H,17,19)(H,18,20). The van der Waals surface area contributed by atoms with Gasteiger partial charge in [0.2, 0.25) is 5.91 Å². The van der Waals surface area contributed by atoms with Gasteiger partial charge in [0.25, 0.3) is 0 Å². The number of amides is 2. The topological polar surface area (TPSA) is 79.5 Å². The van der Waals surface area contributed by atoms with Gasteiger partial charge in [-0.1, -0.05) is 6.92 Å². The molecule has 0 aromatic heterocycles. The van der Waals surface area contributed by atoms with Gasteiger partial charge >= 0.3 is 6.09 Å². The summed E-state index contributed by atoms with van der Waals surface area (Å²) in [6, 6.07) is 0.551. The Balaban J connectivity index is 2.03. The van der Waals surface area contributed by atoms with Gasteiger partial charge in [0, 0.05) is 31.6 Å². The van der Waals surface area contributed by atoms with Gasteiger partial charge in [-0.25, -0.2) is 4.79 Å². The summed E-state index contributed by atoms with van der Waals surface area (Å²) >= 11 is 0. The van der Waals surface area contributed by atoms with E-state index >= 15 is 0 Å². The van der Waals surface area contributed by atoms with E-state index in [1.54, 1.807) is 0 Å². The largest absolute Gasteiger partial charge is 0.444 e. The first-order chi connectivity index (χ1) is 9.80. The summed E-state index contributed by atoms with van der Waals surface area (Å²) in [5.41, 5.74) is -0.461. The molecule has 0 heterocycles. The highest BCUT2D eigenvalue weighted by atomic mass is 16.6. The molecule has 0 spiro atoms. The number of carbonyl (C=O) groups excluding carboxylic acids is 2. The van der Waals surface area contributed by atoms with Crippen molar-refractivity contribution in [2.75, 3.05) is 13.1 Å². The maximum absolute atomic E-state index is 11.6. The van der Waals surface area contributed by atoms with Crippen LogP contribution in [0, 0.1) is 0 Å². The number of hydrogen-bond donors (Lipinski definition) is 3. The van der Waals surface area contributed by atoms with E-state index in [1.165, 1.54) is 0 Å². The summed E-state index contributed by atoms with van der Waals surface area (Å²) < 4.78 is 5.21. The maximum Gasteiger partial charge on any atom is 0.407 e. The van der Waals surface area contributed by atoms with E-state index in [2.05, 4.69) is 16.0 Å². The third-order valence-corrected chi connectivity index (χ3v) is 3.22. The van der Waals surface area contributed by atoms with Crippen LogP contribution in [0.3, 0.4) is 0 Å². The molecule has 1 rings (SSSR count). The van der Waals surface area contributed by atoms with Crippen LogP contribution >= 0.6 is 0 Å². The van der Waals surface area contributed by atoms with Gasteiger partial charge in [-0.3, -0.25) is 4.79 Å². The average molecular weight is 299 g/mol. The fourth-order valence-corrected chi connectivity index (χ4v) is 2.12. The predicted octanol–water partition coefficient (Wildman–Crippen LogP) is 1.55. The Labute approximate surface area is 127 Å². The van der Waals surface area contributed by atoms with E-state index in [0.717, 1.165) is 25.8 Å². The molecular formula is C15H29N3O3. The number of hydrogen-bond acceptors (Lipinski definition) is 4. The lowest BCUT2D eigenvalue weighted by molar-refractivity contribution is -0.121. The van der Waals surface area contributed by atoms with E-state index < -0.39 is 5.60 Å². The molecule has 0 radical (unpaired) electrons. The fraction of sp³-hybridized carbons (Fsp3) is 0.867. The first-order valence-electron chi connectivity index (χ1n) is 7.79. The smallest absolute Gasteiger partial charge is 0.407 e. The molecule has 6 nitrogen and oxygen atoms in total. The van der Waals surface area contributed by atoms with Crippen molar-refractivity contribution in [2.24, 2.45) is 0 Å². The van der Waals surface area contributed by atoms with Gasteiger partial charge in [-0.15, -0.1) is 0 Å². The van der Waals surface area contributed by atoms with E-state index in [9.17, 15) is 9.59 Å². The van der Waals surface area contributed by atoms with Crippen molar-refractivity contribution in [1.29, 1.82) is 0 Å². The zero-order valence-corrected chi connectivity index (χ0v) is 13.6. The minimum absolute atomic E-state index is 0.0899. The van der Waals surface area contributed by atoms with Gasteiger partial charge in [0.05, 0.1) is 0 Å². The summed E-state index contributed by atoms with van der Waals surface area (Å²) in [5.74, 6) is 0.0899. The lowest BCUT2D eigenvalue weighted by Gasteiger charge is -2.36. The second kappa shape index (κ2) is 8.22. The second-order valence-corrected chi connectivity index (χ2v) is 6.57. The Morgan fingerprint density at radius 2 is 1.81 bits per heavy atom. The Morgan fingerprint density at radius 3 is 2.38 bits per heavy atom. The molecule has 1 saturated carbocycles. The Hall–Kier alpha value is -1.30. The van der Waals surface area contributed by atoms with Crippen LogP contribution in [0.5, 0.6) is 0 Å². The summed E-state index contributed by atoms with van der Waals surface area (Å²) in [5, 5.41) is 9.02. The molecule has 0 aromatic carbocycles. The van der Waals surface area contributed by atoms with E-state index in [4.69, 9.17) is 4.74 Å². The number of carbonyl (C=O) groups is 2. The van der Waals surface area contributed by atoms with E-state index in [0.29, 0.717) is 19.0 Å². The van der Waals surface area contributed by atoms with Crippen molar-refractivity contribution < 1.29 is 14.3 Å². The zero-order valence-electron chi connectivity index (χ0n) is 13.6. The molecule has 1 aliphatic rings. The minimum atomic E-state index is -0.461. The molecule has 0 bridgehead atoms. The van der Waals surface area contributed by atoms with E-state index in [1.807, 2.05) is 27.7 Å². The molecule has 0 aromatic rings. The van der Waals surface area contributed by atoms with Crippen LogP contribution in [-0.4, -0.2) is 42.8 Å². The highest BCUT2D eigenvalue weighted by molar-refractivity contribution is 5.76. The van der Waals surface area contributed by atoms with Crippen LogP contribution in [0.1, 0.15) is 53.4 Å². The highest BCUT2D eigenvalue weighted by Crippen LogP contribution is 2.20. The Kier molecular flexibility index (Phi) is 6.95. The SMILES string of the molecule is CCCNC(=O)CCNC1CC(NC(=O)OC(C)(C)C)C1. The third-order valence-electron chi connectivity index (χ3n) is 3.22. The monoisotopic (exact) mass is 299 g/mol. The predicted molar refractivity (Wildman–Crippen MR) is 82.1 cm³/mol. The van der Waals surface area contributed by atoms with Crippen LogP contribution in [-0.2, 0) is 9.53 Å². The van der Waals surface area contributed by atoms with Crippen molar-refractivity contribution >= 4 is 12.0 Å². The lowest BCUT2D eigenvalue weighted by Crippen LogP contribution is -2.53.